The van der Waals surface area contributed by atoms with Crippen molar-refractivity contribution in [3.05, 3.63) is 45.6 Å². The third kappa shape index (κ3) is 4.98. The normalized spacial score (nSPS) is 22.6. The minimum absolute atomic E-state index is 0.0536. The molecule has 3 rings (SSSR count). The number of ether oxygens (including phenoxy) is 2. The molecule has 0 amide bonds. The predicted octanol–water partition coefficient (Wildman–Crippen LogP) is 3.86. The summed E-state index contributed by atoms with van der Waals surface area (Å²) < 4.78 is 47.6. The molecule has 0 N–H and O–H groups in total. The minimum Gasteiger partial charge on any atom is -0.622 e. The molecule has 0 aliphatic carbocycles. The van der Waals surface area contributed by atoms with Crippen molar-refractivity contribution in [2.45, 2.75) is 19.3 Å². The zero-order valence-electron chi connectivity index (χ0n) is 15.2. The van der Waals surface area contributed by atoms with Gasteiger partial charge in [-0.3, -0.25) is 4.65 Å². The van der Waals surface area contributed by atoms with Crippen LogP contribution in [0.15, 0.2) is 30.5 Å². The molecule has 2 aromatic rings. The summed E-state index contributed by atoms with van der Waals surface area (Å²) in [6.45, 7) is 2.17. The van der Waals surface area contributed by atoms with Crippen molar-refractivity contribution >= 4 is 34.0 Å². The Balaban J connectivity index is 1.62. The summed E-state index contributed by atoms with van der Waals surface area (Å²) in [6.07, 6.45) is -4.15. The molecule has 0 radical (unpaired) electrons. The van der Waals surface area contributed by atoms with E-state index < -0.39 is 35.2 Å². The number of aromatic nitrogens is 1. The van der Waals surface area contributed by atoms with Gasteiger partial charge in [0.05, 0.1) is 18.3 Å². The second-order valence-electron chi connectivity index (χ2n) is 6.31. The lowest BCUT2D eigenvalue weighted by molar-refractivity contribution is -0.155. The number of carbonyl (C=O) groups excluding carboxylic acids is 1. The molecule has 7 nitrogen and oxygen atoms in total. The summed E-state index contributed by atoms with van der Waals surface area (Å²) >= 11 is 6.89. The standard InChI is InChI=1S/C17H17ClF3N3O4S/c1-2-23-8-14(24(26,10-23)16-22-7-13(18)29-16)28-15(25)9-27-12-5-3-11(4-6-12)17(19,20)21/h3-7,14H,2,8-10H2,1H3. The van der Waals surface area contributed by atoms with Gasteiger partial charge in [0.1, 0.15) is 16.8 Å². The molecule has 1 aliphatic heterocycles. The number of thiazole rings is 1. The second-order valence-corrected chi connectivity index (χ2v) is 7.95. The highest BCUT2D eigenvalue weighted by Crippen LogP contribution is 2.36. The first kappa shape index (κ1) is 21.8. The van der Waals surface area contributed by atoms with Gasteiger partial charge in [-0.05, 0) is 35.6 Å². The highest BCUT2D eigenvalue weighted by atomic mass is 35.5. The Kier molecular flexibility index (Phi) is 6.34. The number of hydrogen-bond donors (Lipinski definition) is 0. The highest BCUT2D eigenvalue weighted by Gasteiger charge is 2.45. The van der Waals surface area contributed by atoms with Crippen molar-refractivity contribution in [1.82, 2.24) is 14.5 Å². The number of rotatable bonds is 6. The van der Waals surface area contributed by atoms with Gasteiger partial charge in [-0.1, -0.05) is 18.5 Å². The number of alkyl halides is 3. The number of halogens is 4. The first-order valence-electron chi connectivity index (χ1n) is 8.54. The van der Waals surface area contributed by atoms with E-state index in [1.54, 1.807) is 0 Å². The summed E-state index contributed by atoms with van der Waals surface area (Å²) in [5.74, 6) is -0.736. The monoisotopic (exact) mass is 451 g/mol. The molecular formula is C17H17ClF3N3O4S. The Hall–Kier alpha value is -1.92. The molecule has 12 heteroatoms. The van der Waals surface area contributed by atoms with Crippen molar-refractivity contribution in [1.29, 1.82) is 0 Å². The Morgan fingerprint density at radius 1 is 1.41 bits per heavy atom. The van der Waals surface area contributed by atoms with Gasteiger partial charge in [0.15, 0.2) is 6.61 Å². The van der Waals surface area contributed by atoms with Crippen LogP contribution in [-0.2, 0) is 15.7 Å². The first-order valence-corrected chi connectivity index (χ1v) is 9.74. The van der Waals surface area contributed by atoms with E-state index in [9.17, 15) is 23.2 Å². The van der Waals surface area contributed by atoms with Gasteiger partial charge in [0.25, 0.3) is 11.4 Å². The van der Waals surface area contributed by atoms with Crippen LogP contribution in [0.3, 0.4) is 0 Å². The van der Waals surface area contributed by atoms with Crippen molar-refractivity contribution in [3.8, 4) is 5.75 Å². The number of likely N-dealkylation sites (N-methyl/N-ethyl adjacent to an activating group) is 1. The van der Waals surface area contributed by atoms with Gasteiger partial charge in [-0.15, -0.1) is 0 Å². The fourth-order valence-electron chi connectivity index (χ4n) is 2.82. The van der Waals surface area contributed by atoms with E-state index in [1.807, 2.05) is 11.8 Å². The van der Waals surface area contributed by atoms with Gasteiger partial charge in [-0.2, -0.15) is 18.2 Å². The van der Waals surface area contributed by atoms with Crippen LogP contribution in [0.1, 0.15) is 12.5 Å². The average molecular weight is 452 g/mol. The molecule has 1 aromatic carbocycles. The summed E-state index contributed by atoms with van der Waals surface area (Å²) in [4.78, 5) is 18.0. The molecule has 29 heavy (non-hydrogen) atoms. The van der Waals surface area contributed by atoms with Gasteiger partial charge < -0.3 is 14.7 Å². The molecule has 1 fully saturated rings. The van der Waals surface area contributed by atoms with Crippen LogP contribution in [0.2, 0.25) is 4.34 Å². The van der Waals surface area contributed by atoms with E-state index in [2.05, 4.69) is 4.98 Å². The fourth-order valence-corrected chi connectivity index (χ4v) is 3.79. The third-order valence-corrected chi connectivity index (χ3v) is 5.56. The molecular weight excluding hydrogens is 435 g/mol. The number of carbonyl (C=O) groups is 1. The zero-order chi connectivity index (χ0) is 21.2. The maximum atomic E-state index is 13.3. The van der Waals surface area contributed by atoms with E-state index in [4.69, 9.17) is 21.1 Å². The lowest BCUT2D eigenvalue weighted by atomic mass is 10.2. The summed E-state index contributed by atoms with van der Waals surface area (Å²) in [5.41, 5.74) is -0.825. The topological polar surface area (TPSA) is 74.7 Å². The van der Waals surface area contributed by atoms with E-state index in [-0.39, 0.29) is 24.1 Å². The van der Waals surface area contributed by atoms with Gasteiger partial charge >= 0.3 is 12.1 Å². The van der Waals surface area contributed by atoms with E-state index in [0.717, 1.165) is 35.6 Å². The summed E-state index contributed by atoms with van der Waals surface area (Å²) in [7, 11) is 0. The first-order chi connectivity index (χ1) is 13.6. The molecule has 1 saturated heterocycles. The molecule has 0 spiro atoms. The van der Waals surface area contributed by atoms with Crippen molar-refractivity contribution < 1.29 is 27.4 Å². The lowest BCUT2D eigenvalue weighted by Crippen LogP contribution is -2.51. The molecule has 1 aliphatic rings. The number of esters is 1. The summed E-state index contributed by atoms with van der Waals surface area (Å²) in [5, 5.41) is 13.5. The number of hydrogen-bond acceptors (Lipinski definition) is 7. The van der Waals surface area contributed by atoms with E-state index in [0.29, 0.717) is 10.9 Å². The number of benzene rings is 1. The van der Waals surface area contributed by atoms with Crippen molar-refractivity contribution in [2.24, 2.45) is 0 Å². The smallest absolute Gasteiger partial charge is 0.416 e. The number of hydroxylamine groups is 2. The molecule has 1 aromatic heterocycles. The van der Waals surface area contributed by atoms with Crippen molar-refractivity contribution in [3.63, 3.8) is 0 Å². The van der Waals surface area contributed by atoms with Crippen LogP contribution in [0.4, 0.5) is 18.3 Å². The number of nitrogens with zero attached hydrogens (tertiary/aromatic N) is 3. The van der Waals surface area contributed by atoms with Crippen LogP contribution < -0.4 is 9.38 Å². The van der Waals surface area contributed by atoms with E-state index >= 15 is 0 Å². The zero-order valence-corrected chi connectivity index (χ0v) is 16.8. The van der Waals surface area contributed by atoms with Gasteiger partial charge in [0.2, 0.25) is 0 Å². The molecule has 0 saturated carbocycles. The van der Waals surface area contributed by atoms with Crippen LogP contribution >= 0.6 is 22.9 Å². The largest absolute Gasteiger partial charge is 0.622 e. The Labute approximate surface area is 173 Å². The fraction of sp³-hybridized carbons (Fsp3) is 0.412. The molecule has 2 atom stereocenters. The molecule has 158 valence electrons. The molecule has 2 unspecified atom stereocenters. The maximum absolute atomic E-state index is 13.3. The van der Waals surface area contributed by atoms with Crippen LogP contribution in [0.5, 0.6) is 5.75 Å². The van der Waals surface area contributed by atoms with Gasteiger partial charge in [-0.25, -0.2) is 9.69 Å². The lowest BCUT2D eigenvalue weighted by Gasteiger charge is -2.38. The quantitative estimate of drug-likeness (QED) is 0.377. The van der Waals surface area contributed by atoms with Crippen LogP contribution in [0.25, 0.3) is 0 Å². The second kappa shape index (κ2) is 8.44. The number of quaternary nitrogens is 1. The Bertz CT molecular complexity index is 864. The van der Waals surface area contributed by atoms with Gasteiger partial charge in [0, 0.05) is 6.54 Å². The van der Waals surface area contributed by atoms with Crippen LogP contribution in [-0.4, -0.2) is 48.4 Å². The maximum Gasteiger partial charge on any atom is 0.416 e. The highest BCUT2D eigenvalue weighted by molar-refractivity contribution is 7.19. The Morgan fingerprint density at radius 3 is 2.66 bits per heavy atom. The van der Waals surface area contributed by atoms with Crippen LogP contribution in [0, 0.1) is 5.21 Å². The van der Waals surface area contributed by atoms with E-state index in [1.165, 1.54) is 6.20 Å². The SMILES string of the molecule is CCN1CC(OC(=O)COc2ccc(C(F)(F)F)cc2)[N+]([O-])(c2ncc(Cl)s2)C1. The predicted molar refractivity (Wildman–Crippen MR) is 101 cm³/mol. The minimum atomic E-state index is -4.46. The molecule has 2 heterocycles. The third-order valence-electron chi connectivity index (χ3n) is 4.33. The van der Waals surface area contributed by atoms with Crippen molar-refractivity contribution in [2.75, 3.05) is 26.4 Å². The molecule has 0 bridgehead atoms. The average Bonchev–Trinajstić information content (AvgIpc) is 3.24. The Morgan fingerprint density at radius 2 is 2.10 bits per heavy atom. The summed E-state index contributed by atoms with van der Waals surface area (Å²) in [6, 6.07) is 3.91.